The maximum Gasteiger partial charge on any atom is 0.317 e. The summed E-state index contributed by atoms with van der Waals surface area (Å²) in [4.78, 5) is 11.4. The topological polar surface area (TPSA) is 72.5 Å². The molecule has 1 rings (SSSR count). The number of nitrogens with two attached hydrogens (primary N) is 1. The highest BCUT2D eigenvalue weighted by molar-refractivity contribution is 5.82. The van der Waals surface area contributed by atoms with E-state index in [0.717, 1.165) is 5.56 Å². The highest BCUT2D eigenvalue weighted by Crippen LogP contribution is 2.25. The predicted molar refractivity (Wildman–Crippen MR) is 61.4 cm³/mol. The van der Waals surface area contributed by atoms with E-state index in [1.54, 1.807) is 6.07 Å². The van der Waals surface area contributed by atoms with Gasteiger partial charge in [0.2, 0.25) is 0 Å². The lowest BCUT2D eigenvalue weighted by Gasteiger charge is -2.27. The minimum Gasteiger partial charge on any atom is -0.480 e. The maximum absolute atomic E-state index is 11.4. The molecule has 0 amide bonds. The lowest BCUT2D eigenvalue weighted by molar-refractivity contribution is -0.145. The zero-order chi connectivity index (χ0) is 12.2. The van der Waals surface area contributed by atoms with Crippen molar-refractivity contribution in [2.75, 3.05) is 20.3 Å². The number of methoxy groups -OCH3 is 1. The van der Waals surface area contributed by atoms with Gasteiger partial charge in [0.15, 0.2) is 0 Å². The second-order valence-corrected chi connectivity index (χ2v) is 3.89. The zero-order valence-electron chi connectivity index (χ0n) is 9.56. The van der Waals surface area contributed by atoms with Crippen LogP contribution in [-0.2, 0) is 14.9 Å². The van der Waals surface area contributed by atoms with Gasteiger partial charge in [0.05, 0.1) is 6.61 Å². The van der Waals surface area contributed by atoms with Gasteiger partial charge < -0.3 is 15.6 Å². The Morgan fingerprint density at radius 1 is 1.56 bits per heavy atom. The van der Waals surface area contributed by atoms with Gasteiger partial charge in [-0.1, -0.05) is 29.8 Å². The number of carbonyl (C=O) groups is 1. The highest BCUT2D eigenvalue weighted by atomic mass is 16.5. The van der Waals surface area contributed by atoms with Crippen molar-refractivity contribution in [2.24, 2.45) is 5.73 Å². The molecule has 0 radical (unpaired) electrons. The van der Waals surface area contributed by atoms with Crippen molar-refractivity contribution in [1.29, 1.82) is 0 Å². The van der Waals surface area contributed by atoms with Crippen molar-refractivity contribution in [3.05, 3.63) is 35.4 Å². The smallest absolute Gasteiger partial charge is 0.317 e. The minimum absolute atomic E-state index is 0.0135. The molecule has 16 heavy (non-hydrogen) atoms. The molecule has 0 bridgehead atoms. The molecule has 4 heteroatoms. The largest absolute Gasteiger partial charge is 0.480 e. The van der Waals surface area contributed by atoms with Gasteiger partial charge in [-0.2, -0.15) is 0 Å². The van der Waals surface area contributed by atoms with Crippen LogP contribution in [0, 0.1) is 6.92 Å². The Bertz CT molecular complexity index is 378. The minimum atomic E-state index is -1.15. The molecule has 3 N–H and O–H groups in total. The van der Waals surface area contributed by atoms with Gasteiger partial charge in [-0.25, -0.2) is 0 Å². The molecule has 0 aliphatic carbocycles. The second-order valence-electron chi connectivity index (χ2n) is 3.89. The molecule has 0 aliphatic rings. The monoisotopic (exact) mass is 223 g/mol. The van der Waals surface area contributed by atoms with E-state index in [0.29, 0.717) is 5.56 Å². The SMILES string of the molecule is COCC(CN)(C(=O)O)c1cccc(C)c1. The first kappa shape index (κ1) is 12.7. The number of carboxylic acid groups (broad SMARTS) is 1. The summed E-state index contributed by atoms with van der Waals surface area (Å²) < 4.78 is 4.99. The third-order valence-electron chi connectivity index (χ3n) is 2.72. The third kappa shape index (κ3) is 2.23. The lowest BCUT2D eigenvalue weighted by atomic mass is 9.80. The first-order chi connectivity index (χ1) is 7.56. The molecule has 4 nitrogen and oxygen atoms in total. The van der Waals surface area contributed by atoms with Gasteiger partial charge >= 0.3 is 5.97 Å². The number of rotatable bonds is 5. The number of aryl methyl sites for hydroxylation is 1. The maximum atomic E-state index is 11.4. The van der Waals surface area contributed by atoms with Crippen LogP contribution in [0.1, 0.15) is 11.1 Å². The van der Waals surface area contributed by atoms with Crippen LogP contribution in [-0.4, -0.2) is 31.3 Å². The number of hydrogen-bond acceptors (Lipinski definition) is 3. The fourth-order valence-corrected chi connectivity index (χ4v) is 1.72. The van der Waals surface area contributed by atoms with E-state index in [-0.39, 0.29) is 13.2 Å². The molecule has 0 saturated carbocycles. The van der Waals surface area contributed by atoms with Gasteiger partial charge in [-0.05, 0) is 12.5 Å². The molecule has 0 heterocycles. The fraction of sp³-hybridized carbons (Fsp3) is 0.417. The second kappa shape index (κ2) is 5.09. The Morgan fingerprint density at radius 2 is 2.25 bits per heavy atom. The van der Waals surface area contributed by atoms with E-state index in [1.807, 2.05) is 25.1 Å². The fourth-order valence-electron chi connectivity index (χ4n) is 1.72. The third-order valence-corrected chi connectivity index (χ3v) is 2.72. The molecular weight excluding hydrogens is 206 g/mol. The molecule has 1 aromatic carbocycles. The van der Waals surface area contributed by atoms with Crippen molar-refractivity contribution in [3.63, 3.8) is 0 Å². The quantitative estimate of drug-likeness (QED) is 0.778. The number of benzene rings is 1. The Kier molecular flexibility index (Phi) is 4.04. The summed E-state index contributed by atoms with van der Waals surface area (Å²) in [6.45, 7) is 2.00. The average molecular weight is 223 g/mol. The Labute approximate surface area is 95.0 Å². The van der Waals surface area contributed by atoms with Crippen LogP contribution in [0.25, 0.3) is 0 Å². The van der Waals surface area contributed by atoms with Crippen molar-refractivity contribution in [3.8, 4) is 0 Å². The Hall–Kier alpha value is -1.39. The van der Waals surface area contributed by atoms with E-state index in [2.05, 4.69) is 0 Å². The number of ether oxygens (including phenoxy) is 1. The van der Waals surface area contributed by atoms with Crippen LogP contribution < -0.4 is 5.73 Å². The normalized spacial score (nSPS) is 14.4. The molecule has 0 aromatic heterocycles. The van der Waals surface area contributed by atoms with Crippen molar-refractivity contribution in [1.82, 2.24) is 0 Å². The summed E-state index contributed by atoms with van der Waals surface area (Å²) in [6.07, 6.45) is 0. The molecule has 0 saturated heterocycles. The number of hydrogen-bond donors (Lipinski definition) is 2. The van der Waals surface area contributed by atoms with Crippen LogP contribution in [0.4, 0.5) is 0 Å². The molecule has 88 valence electrons. The lowest BCUT2D eigenvalue weighted by Crippen LogP contribution is -2.46. The van der Waals surface area contributed by atoms with Crippen LogP contribution in [0.15, 0.2) is 24.3 Å². The average Bonchev–Trinajstić information content (AvgIpc) is 2.25. The van der Waals surface area contributed by atoms with E-state index in [1.165, 1.54) is 7.11 Å². The summed E-state index contributed by atoms with van der Waals surface area (Å²) in [6, 6.07) is 7.35. The molecule has 0 fully saturated rings. The first-order valence-electron chi connectivity index (χ1n) is 5.06. The molecule has 0 aliphatic heterocycles. The van der Waals surface area contributed by atoms with E-state index < -0.39 is 11.4 Å². The van der Waals surface area contributed by atoms with E-state index in [4.69, 9.17) is 10.5 Å². The Balaban J connectivity index is 3.24. The Morgan fingerprint density at radius 3 is 2.69 bits per heavy atom. The van der Waals surface area contributed by atoms with E-state index >= 15 is 0 Å². The molecular formula is C12H17NO3. The van der Waals surface area contributed by atoms with Gasteiger partial charge in [-0.3, -0.25) is 4.79 Å². The number of carboxylic acids is 1. The predicted octanol–water partition coefficient (Wildman–Crippen LogP) is 0.923. The summed E-state index contributed by atoms with van der Waals surface area (Å²) in [5.41, 5.74) is 6.16. The van der Waals surface area contributed by atoms with Gasteiger partial charge in [-0.15, -0.1) is 0 Å². The summed E-state index contributed by atoms with van der Waals surface area (Å²) in [7, 11) is 1.48. The van der Waals surface area contributed by atoms with Gasteiger partial charge in [0.1, 0.15) is 5.41 Å². The standard InChI is InChI=1S/C12H17NO3/c1-9-4-3-5-10(6-9)12(7-13,8-16-2)11(14)15/h3-6H,7-8,13H2,1-2H3,(H,14,15). The summed E-state index contributed by atoms with van der Waals surface area (Å²) >= 11 is 0. The molecule has 0 spiro atoms. The highest BCUT2D eigenvalue weighted by Gasteiger charge is 2.39. The molecule has 1 atom stereocenters. The van der Waals surface area contributed by atoms with Gasteiger partial charge in [0.25, 0.3) is 0 Å². The van der Waals surface area contributed by atoms with Crippen molar-refractivity contribution >= 4 is 5.97 Å². The van der Waals surface area contributed by atoms with Crippen LogP contribution in [0.3, 0.4) is 0 Å². The zero-order valence-corrected chi connectivity index (χ0v) is 9.56. The number of aliphatic carboxylic acids is 1. The summed E-state index contributed by atoms with van der Waals surface area (Å²) in [5.74, 6) is -0.956. The van der Waals surface area contributed by atoms with Crippen LogP contribution in [0.5, 0.6) is 0 Å². The van der Waals surface area contributed by atoms with Crippen molar-refractivity contribution in [2.45, 2.75) is 12.3 Å². The summed E-state index contributed by atoms with van der Waals surface area (Å²) in [5, 5.41) is 9.34. The first-order valence-corrected chi connectivity index (χ1v) is 5.06. The van der Waals surface area contributed by atoms with Crippen LogP contribution >= 0.6 is 0 Å². The molecule has 1 aromatic rings. The van der Waals surface area contributed by atoms with Crippen molar-refractivity contribution < 1.29 is 14.6 Å². The van der Waals surface area contributed by atoms with E-state index in [9.17, 15) is 9.90 Å². The molecule has 1 unspecified atom stereocenters. The van der Waals surface area contributed by atoms with Gasteiger partial charge in [0, 0.05) is 13.7 Å². The van der Waals surface area contributed by atoms with Crippen LogP contribution in [0.2, 0.25) is 0 Å².